The van der Waals surface area contributed by atoms with Crippen molar-refractivity contribution in [2.45, 2.75) is 6.54 Å². The first-order chi connectivity index (χ1) is 14.6. The number of amides is 1. The lowest BCUT2D eigenvalue weighted by Crippen LogP contribution is -2.44. The van der Waals surface area contributed by atoms with Gasteiger partial charge in [-0.05, 0) is 29.8 Å². The van der Waals surface area contributed by atoms with E-state index in [0.717, 1.165) is 5.56 Å². The van der Waals surface area contributed by atoms with E-state index in [1.165, 1.54) is 6.07 Å². The van der Waals surface area contributed by atoms with E-state index < -0.39 is 5.91 Å². The van der Waals surface area contributed by atoms with Crippen molar-refractivity contribution in [3.63, 3.8) is 0 Å². The number of hydrogen-bond acceptors (Lipinski definition) is 6. The van der Waals surface area contributed by atoms with E-state index in [9.17, 15) is 14.4 Å². The SMILES string of the molecule is N#C/C(=C/N1CCN(c2ccccc2F)CC1)C(=O)NCc1ccc2c(c1)OCO2. The zero-order valence-electron chi connectivity index (χ0n) is 16.3. The fourth-order valence-corrected chi connectivity index (χ4v) is 3.45. The van der Waals surface area contributed by atoms with Crippen molar-refractivity contribution in [3.05, 3.63) is 65.6 Å². The third kappa shape index (κ3) is 4.30. The lowest BCUT2D eigenvalue weighted by molar-refractivity contribution is -0.117. The third-order valence-corrected chi connectivity index (χ3v) is 5.07. The summed E-state index contributed by atoms with van der Waals surface area (Å²) in [4.78, 5) is 16.3. The van der Waals surface area contributed by atoms with Gasteiger partial charge in [0.25, 0.3) is 5.91 Å². The van der Waals surface area contributed by atoms with Crippen molar-refractivity contribution in [2.24, 2.45) is 0 Å². The van der Waals surface area contributed by atoms with E-state index in [1.807, 2.05) is 28.0 Å². The molecule has 30 heavy (non-hydrogen) atoms. The second-order valence-electron chi connectivity index (χ2n) is 7.00. The first kappa shape index (κ1) is 19.6. The maximum atomic E-state index is 14.0. The number of nitrogens with one attached hydrogen (secondary N) is 1. The van der Waals surface area contributed by atoms with E-state index in [1.54, 1.807) is 30.5 Å². The minimum absolute atomic E-state index is 0.0371. The van der Waals surface area contributed by atoms with Crippen LogP contribution in [0.2, 0.25) is 0 Å². The Hall–Kier alpha value is -3.73. The summed E-state index contributed by atoms with van der Waals surface area (Å²) in [5, 5.41) is 12.2. The fraction of sp³-hybridized carbons (Fsp3) is 0.273. The van der Waals surface area contributed by atoms with Gasteiger partial charge in [-0.1, -0.05) is 18.2 Å². The average molecular weight is 408 g/mol. The Balaban J connectivity index is 1.33. The van der Waals surface area contributed by atoms with E-state index >= 15 is 0 Å². The number of piperazine rings is 1. The minimum Gasteiger partial charge on any atom is -0.454 e. The number of para-hydroxylation sites is 1. The monoisotopic (exact) mass is 408 g/mol. The number of fused-ring (bicyclic) bond motifs is 1. The van der Waals surface area contributed by atoms with Crippen LogP contribution in [0.5, 0.6) is 11.5 Å². The number of benzene rings is 2. The lowest BCUT2D eigenvalue weighted by Gasteiger charge is -2.35. The van der Waals surface area contributed by atoms with Gasteiger partial charge >= 0.3 is 0 Å². The van der Waals surface area contributed by atoms with Crippen LogP contribution in [0.3, 0.4) is 0 Å². The summed E-state index contributed by atoms with van der Waals surface area (Å²) >= 11 is 0. The van der Waals surface area contributed by atoms with Gasteiger partial charge in [0.05, 0.1) is 5.69 Å². The maximum absolute atomic E-state index is 14.0. The average Bonchev–Trinajstić information content (AvgIpc) is 3.24. The van der Waals surface area contributed by atoms with E-state index in [4.69, 9.17) is 9.47 Å². The first-order valence-corrected chi connectivity index (χ1v) is 9.66. The molecule has 0 atom stereocenters. The lowest BCUT2D eigenvalue weighted by atomic mass is 10.2. The van der Waals surface area contributed by atoms with Gasteiger partial charge in [-0.25, -0.2) is 4.39 Å². The third-order valence-electron chi connectivity index (χ3n) is 5.07. The smallest absolute Gasteiger partial charge is 0.263 e. The number of carbonyl (C=O) groups excluding carboxylic acids is 1. The van der Waals surface area contributed by atoms with Crippen LogP contribution in [-0.4, -0.2) is 43.8 Å². The number of halogens is 1. The summed E-state index contributed by atoms with van der Waals surface area (Å²) in [5.74, 6) is 0.636. The number of rotatable bonds is 5. The summed E-state index contributed by atoms with van der Waals surface area (Å²) in [5.41, 5.74) is 1.46. The van der Waals surface area contributed by atoms with E-state index in [0.29, 0.717) is 43.4 Å². The molecule has 2 aliphatic heterocycles. The van der Waals surface area contributed by atoms with Gasteiger partial charge in [0.1, 0.15) is 17.5 Å². The zero-order valence-corrected chi connectivity index (χ0v) is 16.3. The molecule has 4 rings (SSSR count). The summed E-state index contributed by atoms with van der Waals surface area (Å²) in [7, 11) is 0. The molecule has 0 aliphatic carbocycles. The summed E-state index contributed by atoms with van der Waals surface area (Å²) in [6.45, 7) is 2.86. The molecule has 0 radical (unpaired) electrons. The Morgan fingerprint density at radius 3 is 2.67 bits per heavy atom. The Morgan fingerprint density at radius 1 is 1.13 bits per heavy atom. The fourth-order valence-electron chi connectivity index (χ4n) is 3.45. The number of nitrogens with zero attached hydrogens (tertiary/aromatic N) is 3. The van der Waals surface area contributed by atoms with Gasteiger partial charge in [-0.15, -0.1) is 0 Å². The van der Waals surface area contributed by atoms with Crippen LogP contribution in [0.4, 0.5) is 10.1 Å². The highest BCUT2D eigenvalue weighted by Gasteiger charge is 2.19. The molecule has 1 saturated heterocycles. The normalized spacial score (nSPS) is 15.7. The standard InChI is InChI=1S/C22H21FN4O3/c23-18-3-1-2-4-19(18)27-9-7-26(8-10-27)14-17(12-24)22(28)25-13-16-5-6-20-21(11-16)30-15-29-20/h1-6,11,14H,7-10,13,15H2,(H,25,28)/b17-14-. The molecule has 2 aromatic carbocycles. The Labute approximate surface area is 173 Å². The van der Waals surface area contributed by atoms with Crippen molar-refractivity contribution in [2.75, 3.05) is 37.9 Å². The Bertz CT molecular complexity index is 1010. The molecule has 0 aromatic heterocycles. The minimum atomic E-state index is -0.438. The molecule has 7 nitrogen and oxygen atoms in total. The number of ether oxygens (including phenoxy) is 2. The predicted octanol–water partition coefficient (Wildman–Crippen LogP) is 2.40. The molecule has 8 heteroatoms. The molecule has 1 N–H and O–H groups in total. The molecular weight excluding hydrogens is 387 g/mol. The van der Waals surface area contributed by atoms with Gasteiger partial charge < -0.3 is 24.6 Å². The molecule has 1 fully saturated rings. The van der Waals surface area contributed by atoms with Crippen LogP contribution >= 0.6 is 0 Å². The van der Waals surface area contributed by atoms with Gasteiger partial charge in [0.15, 0.2) is 11.5 Å². The quantitative estimate of drug-likeness (QED) is 0.605. The second kappa shape index (κ2) is 8.74. The van der Waals surface area contributed by atoms with Gasteiger partial charge in [0.2, 0.25) is 6.79 Å². The van der Waals surface area contributed by atoms with E-state index in [2.05, 4.69) is 5.32 Å². The van der Waals surface area contributed by atoms with Crippen LogP contribution in [0.1, 0.15) is 5.56 Å². The van der Waals surface area contributed by atoms with Gasteiger partial charge in [0, 0.05) is 38.9 Å². The van der Waals surface area contributed by atoms with E-state index in [-0.39, 0.29) is 24.7 Å². The van der Waals surface area contributed by atoms with Gasteiger partial charge in [-0.3, -0.25) is 4.79 Å². The molecule has 2 aliphatic rings. The zero-order chi connectivity index (χ0) is 20.9. The van der Waals surface area contributed by atoms with Crippen molar-refractivity contribution in [3.8, 4) is 17.6 Å². The molecule has 2 heterocycles. The Kier molecular flexibility index (Phi) is 5.70. The van der Waals surface area contributed by atoms with Crippen molar-refractivity contribution in [1.29, 1.82) is 5.26 Å². The van der Waals surface area contributed by atoms with Crippen LogP contribution in [0, 0.1) is 17.1 Å². The molecule has 0 spiro atoms. The van der Waals surface area contributed by atoms with Crippen molar-refractivity contribution >= 4 is 11.6 Å². The predicted molar refractivity (Wildman–Crippen MR) is 108 cm³/mol. The number of hydrogen-bond donors (Lipinski definition) is 1. The molecular formula is C22H21FN4O3. The summed E-state index contributed by atoms with van der Waals surface area (Å²) in [6.07, 6.45) is 1.58. The Morgan fingerprint density at radius 2 is 1.90 bits per heavy atom. The summed E-state index contributed by atoms with van der Waals surface area (Å²) < 4.78 is 24.6. The molecule has 0 saturated carbocycles. The molecule has 2 aromatic rings. The molecule has 0 unspecified atom stereocenters. The molecule has 0 bridgehead atoms. The highest BCUT2D eigenvalue weighted by Crippen LogP contribution is 2.32. The highest BCUT2D eigenvalue weighted by atomic mass is 19.1. The number of nitriles is 1. The molecule has 1 amide bonds. The van der Waals surface area contributed by atoms with Crippen LogP contribution < -0.4 is 19.7 Å². The number of anilines is 1. The maximum Gasteiger partial charge on any atom is 0.263 e. The van der Waals surface area contributed by atoms with Crippen molar-refractivity contribution < 1.29 is 18.7 Å². The van der Waals surface area contributed by atoms with Gasteiger partial charge in [-0.2, -0.15) is 5.26 Å². The largest absolute Gasteiger partial charge is 0.454 e. The van der Waals surface area contributed by atoms with Crippen LogP contribution in [-0.2, 0) is 11.3 Å². The van der Waals surface area contributed by atoms with Crippen molar-refractivity contribution in [1.82, 2.24) is 10.2 Å². The first-order valence-electron chi connectivity index (χ1n) is 9.66. The highest BCUT2D eigenvalue weighted by molar-refractivity contribution is 5.97. The topological polar surface area (TPSA) is 77.8 Å². The summed E-state index contributed by atoms with van der Waals surface area (Å²) in [6, 6.07) is 14.1. The second-order valence-corrected chi connectivity index (χ2v) is 7.00. The number of carbonyl (C=O) groups is 1. The molecule has 154 valence electrons. The van der Waals surface area contributed by atoms with Crippen LogP contribution in [0.15, 0.2) is 54.2 Å². The van der Waals surface area contributed by atoms with Crippen LogP contribution in [0.25, 0.3) is 0 Å².